The van der Waals surface area contributed by atoms with Crippen LogP contribution in [0.4, 0.5) is 5.82 Å². The number of nitriles is 2. The van der Waals surface area contributed by atoms with Gasteiger partial charge in [-0.3, -0.25) is 0 Å². The lowest BCUT2D eigenvalue weighted by atomic mass is 10.2. The summed E-state index contributed by atoms with van der Waals surface area (Å²) in [5, 5.41) is 29.9. The maximum Gasteiger partial charge on any atom is 0.140 e. The Balaban J connectivity index is 3.13. The molecule has 72 valence electrons. The van der Waals surface area contributed by atoms with Gasteiger partial charge in [-0.15, -0.1) is 0 Å². The van der Waals surface area contributed by atoms with Gasteiger partial charge < -0.3 is 10.8 Å². The molecule has 6 heteroatoms. The van der Waals surface area contributed by atoms with Crippen LogP contribution in [0.25, 0.3) is 0 Å². The molecule has 0 radical (unpaired) electrons. The molecule has 6 nitrogen and oxygen atoms in total. The molecule has 0 saturated heterocycles. The molecule has 0 aliphatic heterocycles. The molecule has 1 aromatic rings. The second kappa shape index (κ2) is 4.26. The minimum absolute atomic E-state index is 0.0471. The number of nitrogens with zero attached hydrogens (tertiary/aromatic N) is 4. The number of aromatic nitrogens is 2. The van der Waals surface area contributed by atoms with Gasteiger partial charge in [0.2, 0.25) is 0 Å². The van der Waals surface area contributed by atoms with Crippen molar-refractivity contribution < 1.29 is 5.11 Å². The highest BCUT2D eigenvalue weighted by molar-refractivity contribution is 5.52. The van der Waals surface area contributed by atoms with Crippen LogP contribution in [0.3, 0.4) is 0 Å². The van der Waals surface area contributed by atoms with Gasteiger partial charge in [-0.25, -0.2) is 4.68 Å². The van der Waals surface area contributed by atoms with Gasteiger partial charge in [0.15, 0.2) is 0 Å². The molecule has 14 heavy (non-hydrogen) atoms. The summed E-state index contributed by atoms with van der Waals surface area (Å²) in [6, 6.07) is 3.78. The van der Waals surface area contributed by atoms with E-state index >= 15 is 0 Å². The highest BCUT2D eigenvalue weighted by atomic mass is 16.3. The van der Waals surface area contributed by atoms with Crippen LogP contribution in [0.5, 0.6) is 0 Å². The maximum atomic E-state index is 8.75. The third kappa shape index (κ3) is 1.65. The molecule has 0 atom stereocenters. The highest BCUT2D eigenvalue weighted by Crippen LogP contribution is 2.15. The summed E-state index contributed by atoms with van der Waals surface area (Å²) in [5.41, 5.74) is 6.17. The Morgan fingerprint density at radius 3 is 2.71 bits per heavy atom. The van der Waals surface area contributed by atoms with Crippen molar-refractivity contribution in [3.63, 3.8) is 0 Å². The number of nitrogens with two attached hydrogens (primary N) is 1. The van der Waals surface area contributed by atoms with Crippen molar-refractivity contribution in [1.29, 1.82) is 10.5 Å². The Bertz CT molecular complexity index is 409. The third-order valence-electron chi connectivity index (χ3n) is 1.73. The van der Waals surface area contributed by atoms with Gasteiger partial charge in [-0.1, -0.05) is 0 Å². The largest absolute Gasteiger partial charge is 0.394 e. The third-order valence-corrected chi connectivity index (χ3v) is 1.73. The smallest absolute Gasteiger partial charge is 0.140 e. The van der Waals surface area contributed by atoms with Gasteiger partial charge >= 0.3 is 0 Å². The van der Waals surface area contributed by atoms with E-state index in [2.05, 4.69) is 5.10 Å². The molecular formula is C8H9N5O. The topological polar surface area (TPSA) is 112 Å². The number of hydrogen-bond acceptors (Lipinski definition) is 5. The quantitative estimate of drug-likeness (QED) is 0.662. The van der Waals surface area contributed by atoms with Crippen LogP contribution in [-0.2, 0) is 13.0 Å². The predicted octanol–water partition coefficient (Wildman–Crippen LogP) is -0.605. The average molecular weight is 191 g/mol. The van der Waals surface area contributed by atoms with Gasteiger partial charge in [0, 0.05) is 0 Å². The van der Waals surface area contributed by atoms with Crippen LogP contribution in [0.15, 0.2) is 0 Å². The summed E-state index contributed by atoms with van der Waals surface area (Å²) in [7, 11) is 0. The molecule has 0 aromatic carbocycles. The fourth-order valence-corrected chi connectivity index (χ4v) is 1.11. The van der Waals surface area contributed by atoms with E-state index in [-0.39, 0.29) is 31.0 Å². The second-order valence-electron chi connectivity index (χ2n) is 2.60. The maximum absolute atomic E-state index is 8.75. The van der Waals surface area contributed by atoms with E-state index in [4.69, 9.17) is 21.4 Å². The summed E-state index contributed by atoms with van der Waals surface area (Å²) in [5.74, 6) is 0.201. The van der Waals surface area contributed by atoms with Gasteiger partial charge in [0.05, 0.1) is 31.3 Å². The number of rotatable bonds is 3. The average Bonchev–Trinajstić information content (AvgIpc) is 2.45. The van der Waals surface area contributed by atoms with Crippen molar-refractivity contribution >= 4 is 5.82 Å². The molecule has 0 saturated carbocycles. The lowest BCUT2D eigenvalue weighted by Crippen LogP contribution is -2.07. The lowest BCUT2D eigenvalue weighted by Gasteiger charge is -1.98. The number of anilines is 1. The van der Waals surface area contributed by atoms with Crippen molar-refractivity contribution in [1.82, 2.24) is 9.78 Å². The zero-order valence-electron chi connectivity index (χ0n) is 7.43. The molecule has 0 amide bonds. The molecule has 0 aliphatic rings. The van der Waals surface area contributed by atoms with E-state index in [1.54, 1.807) is 0 Å². The van der Waals surface area contributed by atoms with Crippen LogP contribution in [0, 0.1) is 22.7 Å². The fourth-order valence-electron chi connectivity index (χ4n) is 1.11. The van der Waals surface area contributed by atoms with Crippen LogP contribution in [-0.4, -0.2) is 21.5 Å². The van der Waals surface area contributed by atoms with Crippen molar-refractivity contribution in [2.45, 2.75) is 13.0 Å². The second-order valence-corrected chi connectivity index (χ2v) is 2.60. The molecule has 1 heterocycles. The van der Waals surface area contributed by atoms with Gasteiger partial charge in [-0.2, -0.15) is 15.6 Å². The Kier molecular flexibility index (Phi) is 3.05. The lowest BCUT2D eigenvalue weighted by molar-refractivity contribution is 0.270. The van der Waals surface area contributed by atoms with Crippen molar-refractivity contribution in [2.24, 2.45) is 0 Å². The summed E-state index contributed by atoms with van der Waals surface area (Å²) in [6.07, 6.45) is 0.0471. The first-order chi connectivity index (χ1) is 6.74. The van der Waals surface area contributed by atoms with Crippen LogP contribution in [0.1, 0.15) is 11.3 Å². The first kappa shape index (κ1) is 10.0. The minimum Gasteiger partial charge on any atom is -0.394 e. The first-order valence-corrected chi connectivity index (χ1v) is 3.97. The van der Waals surface area contributed by atoms with Crippen molar-refractivity contribution in [2.75, 3.05) is 12.3 Å². The van der Waals surface area contributed by atoms with Crippen LogP contribution < -0.4 is 5.73 Å². The molecule has 0 bridgehead atoms. The summed E-state index contributed by atoms with van der Waals surface area (Å²) in [4.78, 5) is 0. The number of aliphatic hydroxyl groups excluding tert-OH is 1. The molecular weight excluding hydrogens is 182 g/mol. The summed E-state index contributed by atoms with van der Waals surface area (Å²) < 4.78 is 1.32. The summed E-state index contributed by atoms with van der Waals surface area (Å²) >= 11 is 0. The summed E-state index contributed by atoms with van der Waals surface area (Å²) in [6.45, 7) is 0.120. The van der Waals surface area contributed by atoms with E-state index in [0.29, 0.717) is 5.69 Å². The minimum atomic E-state index is -0.108. The highest BCUT2D eigenvalue weighted by Gasteiger charge is 2.14. The Morgan fingerprint density at radius 2 is 2.21 bits per heavy atom. The SMILES string of the molecule is N#CCc1nn(CCO)c(N)c1C#N. The van der Waals surface area contributed by atoms with Crippen molar-refractivity contribution in [3.05, 3.63) is 11.3 Å². The van der Waals surface area contributed by atoms with Crippen molar-refractivity contribution in [3.8, 4) is 12.1 Å². The van der Waals surface area contributed by atoms with Gasteiger partial charge in [0.25, 0.3) is 0 Å². The van der Waals surface area contributed by atoms with E-state index in [9.17, 15) is 0 Å². The molecule has 0 unspecified atom stereocenters. The number of hydrogen-bond donors (Lipinski definition) is 2. The standard InChI is InChI=1S/C8H9N5O/c9-2-1-7-6(5-10)8(11)13(12-7)3-4-14/h14H,1,3-4,11H2. The zero-order chi connectivity index (χ0) is 10.6. The molecule has 3 N–H and O–H groups in total. The molecule has 0 fully saturated rings. The first-order valence-electron chi connectivity index (χ1n) is 3.97. The van der Waals surface area contributed by atoms with E-state index in [0.717, 1.165) is 0 Å². The molecule has 0 aliphatic carbocycles. The van der Waals surface area contributed by atoms with Gasteiger partial charge in [0.1, 0.15) is 17.5 Å². The number of aliphatic hydroxyl groups is 1. The predicted molar refractivity (Wildman–Crippen MR) is 47.8 cm³/mol. The van der Waals surface area contributed by atoms with E-state index in [1.165, 1.54) is 4.68 Å². The molecule has 0 spiro atoms. The normalized spacial score (nSPS) is 9.36. The van der Waals surface area contributed by atoms with Gasteiger partial charge in [-0.05, 0) is 0 Å². The van der Waals surface area contributed by atoms with Crippen LogP contribution >= 0.6 is 0 Å². The molecule has 1 rings (SSSR count). The Labute approximate surface area is 80.8 Å². The Hall–Kier alpha value is -2.05. The monoisotopic (exact) mass is 191 g/mol. The van der Waals surface area contributed by atoms with E-state index in [1.807, 2.05) is 12.1 Å². The molecule has 1 aromatic heterocycles. The fraction of sp³-hybridized carbons (Fsp3) is 0.375. The van der Waals surface area contributed by atoms with E-state index < -0.39 is 0 Å². The zero-order valence-corrected chi connectivity index (χ0v) is 7.43. The number of nitrogen functional groups attached to an aromatic ring is 1. The van der Waals surface area contributed by atoms with Crippen LogP contribution in [0.2, 0.25) is 0 Å². The Morgan fingerprint density at radius 1 is 1.50 bits per heavy atom.